The Morgan fingerprint density at radius 2 is 1.74 bits per heavy atom. The Labute approximate surface area is 138 Å². The summed E-state index contributed by atoms with van der Waals surface area (Å²) in [4.78, 5) is 23.6. The predicted molar refractivity (Wildman–Crippen MR) is 89.6 cm³/mol. The number of rotatable bonds is 6. The van der Waals surface area contributed by atoms with E-state index in [4.69, 9.17) is 9.84 Å². The fourth-order valence-electron chi connectivity index (χ4n) is 2.11. The van der Waals surface area contributed by atoms with E-state index in [9.17, 15) is 9.59 Å². The summed E-state index contributed by atoms with van der Waals surface area (Å²) in [7, 11) is 1.62. The molecule has 2 aromatic rings. The number of aromatic carboxylic acids is 1. The lowest BCUT2D eigenvalue weighted by atomic mass is 9.84. The molecule has 0 fully saturated rings. The minimum Gasteiger partial charge on any atom is -0.497 e. The minimum atomic E-state index is -1.02. The molecule has 1 heterocycles. The van der Waals surface area contributed by atoms with Gasteiger partial charge in [-0.3, -0.25) is 4.79 Å². The van der Waals surface area contributed by atoms with Gasteiger partial charge in [0.2, 0.25) is 0 Å². The molecule has 2 rings (SSSR count). The van der Waals surface area contributed by atoms with Crippen molar-refractivity contribution < 1.29 is 19.4 Å². The van der Waals surface area contributed by atoms with E-state index in [1.165, 1.54) is 12.1 Å². The molecule has 0 bridgehead atoms. The molecule has 0 saturated heterocycles. The molecular formula is C17H19NO4S. The average molecular weight is 333 g/mol. The number of carbonyl (C=O) groups is 2. The third-order valence-corrected chi connectivity index (χ3v) is 4.67. The monoisotopic (exact) mass is 333 g/mol. The molecule has 1 amide bonds. The summed E-state index contributed by atoms with van der Waals surface area (Å²) in [5.74, 6) is -0.495. The van der Waals surface area contributed by atoms with Gasteiger partial charge >= 0.3 is 5.97 Å². The molecular weight excluding hydrogens is 314 g/mol. The van der Waals surface area contributed by atoms with Crippen molar-refractivity contribution in [3.63, 3.8) is 0 Å². The van der Waals surface area contributed by atoms with Gasteiger partial charge in [0.05, 0.1) is 12.0 Å². The molecule has 23 heavy (non-hydrogen) atoms. The fraction of sp³-hybridized carbons (Fsp3) is 0.294. The first kappa shape index (κ1) is 17.0. The number of thiophene rings is 1. The van der Waals surface area contributed by atoms with Crippen LogP contribution in [0.2, 0.25) is 0 Å². The minimum absolute atomic E-state index is 0.157. The Bertz CT molecular complexity index is 704. The highest BCUT2D eigenvalue weighted by molar-refractivity contribution is 7.15. The Kier molecular flexibility index (Phi) is 5.05. The standard InChI is InChI=1S/C17H19NO4S/c1-17(2,11-4-6-12(22-3)7-5-11)10-18-15(19)13-8-9-14(23-13)16(20)21/h4-9H,10H2,1-3H3,(H,18,19)(H,20,21). The van der Waals surface area contributed by atoms with E-state index in [2.05, 4.69) is 5.32 Å². The maximum Gasteiger partial charge on any atom is 0.345 e. The molecule has 122 valence electrons. The highest BCUT2D eigenvalue weighted by atomic mass is 32.1. The number of hydrogen-bond donors (Lipinski definition) is 2. The van der Waals surface area contributed by atoms with Crippen LogP contribution in [0.4, 0.5) is 0 Å². The molecule has 5 nitrogen and oxygen atoms in total. The average Bonchev–Trinajstić information content (AvgIpc) is 3.03. The van der Waals surface area contributed by atoms with Crippen molar-refractivity contribution in [2.45, 2.75) is 19.3 Å². The zero-order chi connectivity index (χ0) is 17.0. The number of nitrogens with one attached hydrogen (secondary N) is 1. The zero-order valence-corrected chi connectivity index (χ0v) is 14.1. The number of carboxylic acid groups (broad SMARTS) is 1. The van der Waals surface area contributed by atoms with Crippen LogP contribution >= 0.6 is 11.3 Å². The van der Waals surface area contributed by atoms with E-state index in [0.717, 1.165) is 22.6 Å². The Morgan fingerprint density at radius 3 is 2.26 bits per heavy atom. The number of methoxy groups -OCH3 is 1. The van der Waals surface area contributed by atoms with Gasteiger partial charge in [0, 0.05) is 12.0 Å². The second kappa shape index (κ2) is 6.83. The molecule has 0 atom stereocenters. The van der Waals surface area contributed by atoms with Gasteiger partial charge < -0.3 is 15.2 Å². The van der Waals surface area contributed by atoms with Crippen LogP contribution in [0.1, 0.15) is 38.8 Å². The highest BCUT2D eigenvalue weighted by Crippen LogP contribution is 2.25. The van der Waals surface area contributed by atoms with Gasteiger partial charge in [-0.1, -0.05) is 26.0 Å². The van der Waals surface area contributed by atoms with Crippen LogP contribution in [0.15, 0.2) is 36.4 Å². The third-order valence-electron chi connectivity index (χ3n) is 3.60. The number of hydrogen-bond acceptors (Lipinski definition) is 4. The summed E-state index contributed by atoms with van der Waals surface area (Å²) in [6, 6.07) is 10.7. The predicted octanol–water partition coefficient (Wildman–Crippen LogP) is 3.16. The topological polar surface area (TPSA) is 75.6 Å². The van der Waals surface area contributed by atoms with E-state index in [1.54, 1.807) is 7.11 Å². The van der Waals surface area contributed by atoms with Crippen LogP contribution < -0.4 is 10.1 Å². The normalized spacial score (nSPS) is 11.1. The summed E-state index contributed by atoms with van der Waals surface area (Å²) < 4.78 is 5.14. The molecule has 0 saturated carbocycles. The SMILES string of the molecule is COc1ccc(C(C)(C)CNC(=O)c2ccc(C(=O)O)s2)cc1. The first-order valence-corrected chi connectivity index (χ1v) is 7.91. The molecule has 0 radical (unpaired) electrons. The molecule has 0 unspecified atom stereocenters. The maximum absolute atomic E-state index is 12.1. The van der Waals surface area contributed by atoms with Gasteiger partial charge in [-0.15, -0.1) is 11.3 Å². The lowest BCUT2D eigenvalue weighted by molar-refractivity contribution is 0.0702. The lowest BCUT2D eigenvalue weighted by Crippen LogP contribution is -2.36. The smallest absolute Gasteiger partial charge is 0.345 e. The van der Waals surface area contributed by atoms with E-state index < -0.39 is 5.97 Å². The Balaban J connectivity index is 2.02. The van der Waals surface area contributed by atoms with E-state index in [0.29, 0.717) is 11.4 Å². The fourth-order valence-corrected chi connectivity index (χ4v) is 2.87. The van der Waals surface area contributed by atoms with Crippen LogP contribution in [0.3, 0.4) is 0 Å². The maximum atomic E-state index is 12.1. The van der Waals surface area contributed by atoms with Crippen molar-refractivity contribution in [3.8, 4) is 5.75 Å². The molecule has 0 spiro atoms. The number of carboxylic acids is 1. The molecule has 6 heteroatoms. The van der Waals surface area contributed by atoms with E-state index in [-0.39, 0.29) is 16.2 Å². The Hall–Kier alpha value is -2.34. The van der Waals surface area contributed by atoms with Gasteiger partial charge in [0.1, 0.15) is 10.6 Å². The molecule has 0 aliphatic carbocycles. The van der Waals surface area contributed by atoms with Gasteiger partial charge in [0.15, 0.2) is 0 Å². The summed E-state index contributed by atoms with van der Waals surface area (Å²) in [5.41, 5.74) is 0.824. The number of benzene rings is 1. The largest absolute Gasteiger partial charge is 0.497 e. The second-order valence-electron chi connectivity index (χ2n) is 5.76. The molecule has 2 N–H and O–H groups in total. The van der Waals surface area contributed by atoms with E-state index in [1.807, 2.05) is 38.1 Å². The zero-order valence-electron chi connectivity index (χ0n) is 13.3. The third kappa shape index (κ3) is 4.10. The summed E-state index contributed by atoms with van der Waals surface area (Å²) >= 11 is 0.972. The van der Waals surface area contributed by atoms with Crippen LogP contribution in [0.25, 0.3) is 0 Å². The first-order chi connectivity index (χ1) is 10.8. The molecule has 0 aliphatic heterocycles. The van der Waals surface area contributed by atoms with Crippen molar-refractivity contribution in [2.24, 2.45) is 0 Å². The highest BCUT2D eigenvalue weighted by Gasteiger charge is 2.22. The van der Waals surface area contributed by atoms with Crippen LogP contribution in [0, 0.1) is 0 Å². The van der Waals surface area contributed by atoms with Crippen molar-refractivity contribution >= 4 is 23.2 Å². The van der Waals surface area contributed by atoms with Crippen molar-refractivity contribution in [3.05, 3.63) is 51.7 Å². The molecule has 1 aromatic carbocycles. The summed E-state index contributed by atoms with van der Waals surface area (Å²) in [6.45, 7) is 4.51. The van der Waals surface area contributed by atoms with Gasteiger partial charge in [-0.05, 0) is 29.8 Å². The van der Waals surface area contributed by atoms with Crippen LogP contribution in [-0.2, 0) is 5.41 Å². The van der Waals surface area contributed by atoms with Crippen molar-refractivity contribution in [1.29, 1.82) is 0 Å². The number of amides is 1. The van der Waals surface area contributed by atoms with E-state index >= 15 is 0 Å². The van der Waals surface area contributed by atoms with Gasteiger partial charge in [-0.25, -0.2) is 4.79 Å². The van der Waals surface area contributed by atoms with Crippen molar-refractivity contribution in [2.75, 3.05) is 13.7 Å². The summed E-state index contributed by atoms with van der Waals surface area (Å²) in [6.07, 6.45) is 0. The quantitative estimate of drug-likeness (QED) is 0.851. The van der Waals surface area contributed by atoms with Crippen LogP contribution in [-0.4, -0.2) is 30.6 Å². The lowest BCUT2D eigenvalue weighted by Gasteiger charge is -2.25. The van der Waals surface area contributed by atoms with Gasteiger partial charge in [-0.2, -0.15) is 0 Å². The van der Waals surface area contributed by atoms with Crippen LogP contribution in [0.5, 0.6) is 5.75 Å². The Morgan fingerprint density at radius 1 is 1.13 bits per heavy atom. The first-order valence-electron chi connectivity index (χ1n) is 7.09. The van der Waals surface area contributed by atoms with Gasteiger partial charge in [0.25, 0.3) is 5.91 Å². The molecule has 0 aliphatic rings. The number of carbonyl (C=O) groups excluding carboxylic acids is 1. The number of ether oxygens (including phenoxy) is 1. The van der Waals surface area contributed by atoms with Crippen molar-refractivity contribution in [1.82, 2.24) is 5.32 Å². The molecule has 1 aromatic heterocycles. The summed E-state index contributed by atoms with van der Waals surface area (Å²) in [5, 5.41) is 11.8. The second-order valence-corrected chi connectivity index (χ2v) is 6.85.